The molecule has 0 unspecified atom stereocenters. The SMILES string of the molecule is CC(C)N(CCCBr)c1ccc(C(C)(C)C)cn1. The molecule has 1 heterocycles. The lowest BCUT2D eigenvalue weighted by Gasteiger charge is -2.28. The van der Waals surface area contributed by atoms with Gasteiger partial charge >= 0.3 is 0 Å². The van der Waals surface area contributed by atoms with Gasteiger partial charge in [0.2, 0.25) is 0 Å². The Morgan fingerprint density at radius 3 is 2.33 bits per heavy atom. The normalized spacial score (nSPS) is 11.9. The molecule has 0 saturated carbocycles. The number of hydrogen-bond acceptors (Lipinski definition) is 2. The van der Waals surface area contributed by atoms with Crippen LogP contribution in [0.1, 0.15) is 46.6 Å². The maximum absolute atomic E-state index is 4.63. The van der Waals surface area contributed by atoms with Gasteiger partial charge in [0.15, 0.2) is 0 Å². The predicted octanol–water partition coefficient (Wildman–Crippen LogP) is 4.38. The van der Waals surface area contributed by atoms with Gasteiger partial charge in [0.05, 0.1) is 0 Å². The first-order valence-electron chi connectivity index (χ1n) is 6.65. The molecule has 0 atom stereocenters. The monoisotopic (exact) mass is 312 g/mol. The Morgan fingerprint density at radius 1 is 1.28 bits per heavy atom. The molecule has 1 aromatic heterocycles. The third-order valence-electron chi connectivity index (χ3n) is 3.06. The Balaban J connectivity index is 2.87. The molecule has 0 N–H and O–H groups in total. The molecule has 102 valence electrons. The van der Waals surface area contributed by atoms with Crippen molar-refractivity contribution in [2.24, 2.45) is 0 Å². The largest absolute Gasteiger partial charge is 0.354 e. The lowest BCUT2D eigenvalue weighted by atomic mass is 9.88. The summed E-state index contributed by atoms with van der Waals surface area (Å²) in [4.78, 5) is 6.99. The van der Waals surface area contributed by atoms with Gasteiger partial charge in [-0.1, -0.05) is 42.8 Å². The van der Waals surface area contributed by atoms with Gasteiger partial charge < -0.3 is 4.90 Å². The van der Waals surface area contributed by atoms with E-state index in [4.69, 9.17) is 0 Å². The molecule has 2 nitrogen and oxygen atoms in total. The van der Waals surface area contributed by atoms with E-state index in [1.807, 2.05) is 6.20 Å². The van der Waals surface area contributed by atoms with Crippen LogP contribution in [0.25, 0.3) is 0 Å². The summed E-state index contributed by atoms with van der Waals surface area (Å²) < 4.78 is 0. The topological polar surface area (TPSA) is 16.1 Å². The van der Waals surface area contributed by atoms with E-state index in [0.29, 0.717) is 6.04 Å². The Bertz CT molecular complexity index is 352. The summed E-state index contributed by atoms with van der Waals surface area (Å²) in [5, 5.41) is 1.04. The van der Waals surface area contributed by atoms with Crippen LogP contribution in [0.15, 0.2) is 18.3 Å². The van der Waals surface area contributed by atoms with Crippen molar-refractivity contribution in [2.45, 2.75) is 52.5 Å². The highest BCUT2D eigenvalue weighted by molar-refractivity contribution is 9.09. The standard InChI is InChI=1S/C15H25BrN2/c1-12(2)18(10-6-9-16)14-8-7-13(11-17-14)15(3,4)5/h7-8,11-12H,6,9-10H2,1-5H3. The smallest absolute Gasteiger partial charge is 0.128 e. The van der Waals surface area contributed by atoms with Crippen molar-refractivity contribution in [3.63, 3.8) is 0 Å². The number of nitrogens with zero attached hydrogens (tertiary/aromatic N) is 2. The summed E-state index contributed by atoms with van der Waals surface area (Å²) >= 11 is 3.49. The van der Waals surface area contributed by atoms with E-state index < -0.39 is 0 Å². The second kappa shape index (κ2) is 6.55. The highest BCUT2D eigenvalue weighted by atomic mass is 79.9. The molecule has 0 fully saturated rings. The van der Waals surface area contributed by atoms with Gasteiger partial charge in [-0.3, -0.25) is 0 Å². The Kier molecular flexibility index (Phi) is 5.64. The van der Waals surface area contributed by atoms with E-state index in [0.717, 1.165) is 24.1 Å². The second-order valence-electron chi connectivity index (χ2n) is 5.98. The summed E-state index contributed by atoms with van der Waals surface area (Å²) in [6.45, 7) is 12.1. The molecule has 3 heteroatoms. The maximum atomic E-state index is 4.63. The third-order valence-corrected chi connectivity index (χ3v) is 3.62. The average molecular weight is 313 g/mol. The zero-order chi connectivity index (χ0) is 13.8. The van der Waals surface area contributed by atoms with Gasteiger partial charge in [0.1, 0.15) is 5.82 Å². The van der Waals surface area contributed by atoms with Gasteiger partial charge in [-0.25, -0.2) is 4.98 Å². The first-order valence-corrected chi connectivity index (χ1v) is 7.77. The van der Waals surface area contributed by atoms with Crippen LogP contribution in [0.4, 0.5) is 5.82 Å². The summed E-state index contributed by atoms with van der Waals surface area (Å²) in [5.41, 5.74) is 1.46. The van der Waals surface area contributed by atoms with Crippen LogP contribution in [0.2, 0.25) is 0 Å². The average Bonchev–Trinajstić information content (AvgIpc) is 2.28. The van der Waals surface area contributed by atoms with Crippen molar-refractivity contribution in [2.75, 3.05) is 16.8 Å². The number of halogens is 1. The van der Waals surface area contributed by atoms with Gasteiger partial charge in [-0.2, -0.15) is 0 Å². The number of hydrogen-bond donors (Lipinski definition) is 0. The van der Waals surface area contributed by atoms with Crippen LogP contribution in [0.5, 0.6) is 0 Å². The summed E-state index contributed by atoms with van der Waals surface area (Å²) in [7, 11) is 0. The first kappa shape index (κ1) is 15.5. The number of alkyl halides is 1. The van der Waals surface area contributed by atoms with Crippen LogP contribution in [0, 0.1) is 0 Å². The lowest BCUT2D eigenvalue weighted by Crippen LogP contribution is -2.32. The summed E-state index contributed by atoms with van der Waals surface area (Å²) in [5.74, 6) is 1.08. The Labute approximate surface area is 120 Å². The van der Waals surface area contributed by atoms with Crippen LogP contribution >= 0.6 is 15.9 Å². The number of rotatable bonds is 5. The second-order valence-corrected chi connectivity index (χ2v) is 6.78. The molecule has 0 saturated heterocycles. The number of anilines is 1. The molecule has 0 radical (unpaired) electrons. The van der Waals surface area contributed by atoms with Crippen LogP contribution in [-0.4, -0.2) is 22.9 Å². The minimum absolute atomic E-state index is 0.171. The Morgan fingerprint density at radius 2 is 1.94 bits per heavy atom. The third kappa shape index (κ3) is 4.27. The number of aromatic nitrogens is 1. The van der Waals surface area contributed by atoms with Crippen molar-refractivity contribution in [1.82, 2.24) is 4.98 Å². The van der Waals surface area contributed by atoms with Gasteiger partial charge in [-0.15, -0.1) is 0 Å². The van der Waals surface area contributed by atoms with E-state index in [9.17, 15) is 0 Å². The van der Waals surface area contributed by atoms with Gasteiger partial charge in [0.25, 0.3) is 0 Å². The molecule has 0 amide bonds. The fraction of sp³-hybridized carbons (Fsp3) is 0.667. The molecular formula is C15H25BrN2. The minimum atomic E-state index is 0.171. The zero-order valence-electron chi connectivity index (χ0n) is 12.2. The first-order chi connectivity index (χ1) is 8.36. The van der Waals surface area contributed by atoms with Crippen molar-refractivity contribution in [3.8, 4) is 0 Å². The predicted molar refractivity (Wildman–Crippen MR) is 83.8 cm³/mol. The van der Waals surface area contributed by atoms with E-state index in [-0.39, 0.29) is 5.41 Å². The quantitative estimate of drug-likeness (QED) is 0.750. The molecule has 0 aromatic carbocycles. The molecular weight excluding hydrogens is 288 g/mol. The van der Waals surface area contributed by atoms with Crippen LogP contribution in [0.3, 0.4) is 0 Å². The van der Waals surface area contributed by atoms with E-state index in [2.05, 4.69) is 72.6 Å². The minimum Gasteiger partial charge on any atom is -0.354 e. The van der Waals surface area contributed by atoms with Crippen LogP contribution < -0.4 is 4.90 Å². The zero-order valence-corrected chi connectivity index (χ0v) is 13.8. The molecule has 1 rings (SSSR count). The molecule has 0 aliphatic carbocycles. The van der Waals surface area contributed by atoms with E-state index in [1.165, 1.54) is 5.56 Å². The van der Waals surface area contributed by atoms with Crippen LogP contribution in [-0.2, 0) is 5.41 Å². The maximum Gasteiger partial charge on any atom is 0.128 e. The van der Waals surface area contributed by atoms with Gasteiger partial charge in [0, 0.05) is 24.1 Å². The lowest BCUT2D eigenvalue weighted by molar-refractivity contribution is 0.586. The highest BCUT2D eigenvalue weighted by Gasteiger charge is 2.16. The molecule has 0 bridgehead atoms. The van der Waals surface area contributed by atoms with Crippen molar-refractivity contribution < 1.29 is 0 Å². The summed E-state index contributed by atoms with van der Waals surface area (Å²) in [6, 6.07) is 4.83. The Hall–Kier alpha value is -0.570. The fourth-order valence-electron chi connectivity index (χ4n) is 1.87. The highest BCUT2D eigenvalue weighted by Crippen LogP contribution is 2.23. The van der Waals surface area contributed by atoms with E-state index in [1.54, 1.807) is 0 Å². The van der Waals surface area contributed by atoms with Crippen molar-refractivity contribution >= 4 is 21.7 Å². The molecule has 0 aliphatic heterocycles. The molecule has 18 heavy (non-hydrogen) atoms. The fourth-order valence-corrected chi connectivity index (χ4v) is 2.12. The number of pyridine rings is 1. The molecule has 0 spiro atoms. The van der Waals surface area contributed by atoms with Gasteiger partial charge in [-0.05, 0) is 37.3 Å². The molecule has 0 aliphatic rings. The summed E-state index contributed by atoms with van der Waals surface area (Å²) in [6.07, 6.45) is 3.15. The van der Waals surface area contributed by atoms with Crippen molar-refractivity contribution in [1.29, 1.82) is 0 Å². The molecule has 1 aromatic rings. The van der Waals surface area contributed by atoms with Crippen molar-refractivity contribution in [3.05, 3.63) is 23.9 Å². The van der Waals surface area contributed by atoms with E-state index >= 15 is 0 Å².